The van der Waals surface area contributed by atoms with Crippen molar-refractivity contribution in [1.29, 1.82) is 0 Å². The fraction of sp³-hybridized carbons (Fsp3) is 0.909. The van der Waals surface area contributed by atoms with Crippen LogP contribution >= 0.6 is 0 Å². The molecule has 7 bridgehead atoms. The third-order valence-corrected chi connectivity index (χ3v) is 5.44. The molecule has 0 radical (unpaired) electrons. The lowest BCUT2D eigenvalue weighted by atomic mass is 9.56. The van der Waals surface area contributed by atoms with Crippen molar-refractivity contribution >= 4 is 5.96 Å². The number of nitrogens with zero attached hydrogens (tertiary/aromatic N) is 1. The van der Waals surface area contributed by atoms with Crippen molar-refractivity contribution in [1.82, 2.24) is 5.32 Å². The van der Waals surface area contributed by atoms with E-state index in [1.165, 1.54) is 0 Å². The predicted octanol–water partition coefficient (Wildman–Crippen LogP) is -4.47. The summed E-state index contributed by atoms with van der Waals surface area (Å²) in [6.07, 6.45) is -5.35. The van der Waals surface area contributed by atoms with E-state index in [0.717, 1.165) is 0 Å². The summed E-state index contributed by atoms with van der Waals surface area (Å²) in [7, 11) is 0. The van der Waals surface area contributed by atoms with E-state index in [1.807, 2.05) is 0 Å². The van der Waals surface area contributed by atoms with Gasteiger partial charge in [-0.15, -0.1) is 0 Å². The predicted molar refractivity (Wildman–Crippen MR) is 62.4 cm³/mol. The second-order valence-electron chi connectivity index (χ2n) is 6.31. The molecule has 116 valence electrons. The second-order valence-corrected chi connectivity index (χ2v) is 6.31. The molecule has 5 fully saturated rings. The van der Waals surface area contributed by atoms with E-state index >= 15 is 0 Å². The number of aliphatic imine (C=N–C) groups is 1. The van der Waals surface area contributed by atoms with E-state index in [1.54, 1.807) is 0 Å². The van der Waals surface area contributed by atoms with Crippen LogP contribution in [0.3, 0.4) is 0 Å². The first-order valence-electron chi connectivity index (χ1n) is 6.73. The highest BCUT2D eigenvalue weighted by Gasteiger charge is 2.86. The normalized spacial score (nSPS) is 66.2. The first-order valence-corrected chi connectivity index (χ1v) is 6.73. The van der Waals surface area contributed by atoms with Gasteiger partial charge in [-0.05, 0) is 0 Å². The van der Waals surface area contributed by atoms with Gasteiger partial charge in [-0.25, -0.2) is 4.99 Å². The summed E-state index contributed by atoms with van der Waals surface area (Å²) >= 11 is 0. The van der Waals surface area contributed by atoms with E-state index in [4.69, 9.17) is 19.9 Å². The van der Waals surface area contributed by atoms with Crippen LogP contribution in [0.15, 0.2) is 4.99 Å². The molecule has 0 aromatic heterocycles. The number of nitrogens with one attached hydrogen (secondary N) is 1. The minimum atomic E-state index is -2.13. The largest absolute Gasteiger partial charge is 0.393 e. The third-order valence-electron chi connectivity index (χ3n) is 5.44. The number of aliphatic hydroxyl groups is 4. The zero-order chi connectivity index (χ0) is 14.8. The van der Waals surface area contributed by atoms with Gasteiger partial charge in [0, 0.05) is 0 Å². The zero-order valence-electron chi connectivity index (χ0n) is 10.7. The maximum atomic E-state index is 10.7. The zero-order valence-corrected chi connectivity index (χ0v) is 10.7. The molecule has 0 unspecified atom stereocenters. The smallest absolute Gasteiger partial charge is 0.311 e. The Bertz CT molecular complexity index is 574. The number of aliphatic hydroxyl groups excluding tert-OH is 2. The molecule has 1 saturated carbocycles. The number of rotatable bonds is 1. The minimum absolute atomic E-state index is 0.0795. The highest BCUT2D eigenvalue weighted by molar-refractivity contribution is 5.80. The van der Waals surface area contributed by atoms with Crippen LogP contribution in [0.4, 0.5) is 0 Å². The summed E-state index contributed by atoms with van der Waals surface area (Å²) in [4.78, 5) is 4.09. The summed E-state index contributed by atoms with van der Waals surface area (Å²) < 4.78 is 16.4. The Labute approximate surface area is 118 Å². The van der Waals surface area contributed by atoms with E-state index in [9.17, 15) is 20.4 Å². The SMILES string of the molecule is NC1=N[C@H]2O[C@@H]3[C@]4(O)O[C@@H]5[C@H]2[C@@]3(N1)[C@H](O)[C@H](O4)[C@]5(O)CO. The Balaban J connectivity index is 1.77. The quantitative estimate of drug-likeness (QED) is 0.281. The number of hydrogen-bond acceptors (Lipinski definition) is 10. The Morgan fingerprint density at radius 1 is 1.29 bits per heavy atom. The van der Waals surface area contributed by atoms with Crippen LogP contribution in [0.1, 0.15) is 0 Å². The molecule has 21 heavy (non-hydrogen) atoms. The van der Waals surface area contributed by atoms with Crippen molar-refractivity contribution in [2.75, 3.05) is 6.61 Å². The summed E-state index contributed by atoms with van der Waals surface area (Å²) in [5.41, 5.74) is 2.70. The van der Waals surface area contributed by atoms with Crippen molar-refractivity contribution in [2.45, 2.75) is 47.8 Å². The Morgan fingerprint density at radius 2 is 2.00 bits per heavy atom. The van der Waals surface area contributed by atoms with Crippen molar-refractivity contribution in [2.24, 2.45) is 16.6 Å². The van der Waals surface area contributed by atoms with Gasteiger partial charge in [0.15, 0.2) is 18.3 Å². The van der Waals surface area contributed by atoms with Crippen molar-refractivity contribution in [3.63, 3.8) is 0 Å². The number of guanidine groups is 1. The van der Waals surface area contributed by atoms with Gasteiger partial charge in [0.2, 0.25) is 0 Å². The minimum Gasteiger partial charge on any atom is -0.393 e. The van der Waals surface area contributed by atoms with Crippen LogP contribution < -0.4 is 11.1 Å². The summed E-state index contributed by atoms with van der Waals surface area (Å²) in [5, 5.41) is 44.4. The monoisotopic (exact) mass is 301 g/mol. The number of hydrogen-bond donors (Lipinski definition) is 6. The summed E-state index contributed by atoms with van der Waals surface area (Å²) in [5.74, 6) is -2.66. The van der Waals surface area contributed by atoms with Gasteiger partial charge in [0.1, 0.15) is 29.5 Å². The van der Waals surface area contributed by atoms with Crippen LogP contribution in [0.25, 0.3) is 0 Å². The van der Waals surface area contributed by atoms with Crippen molar-refractivity contribution < 1.29 is 34.6 Å². The topological polar surface area (TPSA) is 159 Å². The molecular formula is C11H15N3O7. The average Bonchev–Trinajstić information content (AvgIpc) is 2.59. The van der Waals surface area contributed by atoms with Gasteiger partial charge in [0.25, 0.3) is 0 Å². The molecule has 0 aromatic rings. The molecule has 7 N–H and O–H groups in total. The molecule has 5 aliphatic heterocycles. The third kappa shape index (κ3) is 1.03. The molecule has 0 aromatic carbocycles. The molecule has 10 heteroatoms. The lowest BCUT2D eigenvalue weighted by Gasteiger charge is -2.68. The van der Waals surface area contributed by atoms with Gasteiger partial charge >= 0.3 is 5.97 Å². The maximum Gasteiger partial charge on any atom is 0.311 e. The van der Waals surface area contributed by atoms with E-state index < -0.39 is 60.3 Å². The molecule has 4 saturated heterocycles. The molecule has 0 amide bonds. The summed E-state index contributed by atoms with van der Waals surface area (Å²) in [6, 6.07) is 0. The van der Waals surface area contributed by atoms with E-state index in [2.05, 4.69) is 10.3 Å². The molecule has 1 spiro atoms. The van der Waals surface area contributed by atoms with E-state index in [0.29, 0.717) is 0 Å². The first-order chi connectivity index (χ1) is 9.87. The molecule has 10 nitrogen and oxygen atoms in total. The van der Waals surface area contributed by atoms with Gasteiger partial charge in [-0.1, -0.05) is 0 Å². The molecule has 1 aliphatic carbocycles. The van der Waals surface area contributed by atoms with Crippen molar-refractivity contribution in [3.05, 3.63) is 0 Å². The number of ether oxygens (including phenoxy) is 3. The molecule has 6 aliphatic rings. The fourth-order valence-electron chi connectivity index (χ4n) is 4.65. The van der Waals surface area contributed by atoms with Gasteiger partial charge < -0.3 is 45.7 Å². The second kappa shape index (κ2) is 3.18. The van der Waals surface area contributed by atoms with Crippen LogP contribution in [0.5, 0.6) is 0 Å². The van der Waals surface area contributed by atoms with Gasteiger partial charge in [-0.3, -0.25) is 0 Å². The number of nitrogens with two attached hydrogens (primary N) is 1. The standard InChI is InChI=1S/C11H15N3O7/c12-8-13-6-2-4-9(17,1-15)5-3(16)10(2,14-8)7(19-6)11(18,20-4)21-5/h2-7,15-18H,1H2,(H3,12,13,14)/t2-,3-,4-,5+,6+,7+,9+,10-,11+/m1/s1. The lowest BCUT2D eigenvalue weighted by Crippen LogP contribution is -2.92. The van der Waals surface area contributed by atoms with Crippen LogP contribution in [0, 0.1) is 5.92 Å². The Hall–Kier alpha value is -1.01. The van der Waals surface area contributed by atoms with Crippen LogP contribution in [-0.2, 0) is 14.2 Å². The molecular weight excluding hydrogens is 286 g/mol. The van der Waals surface area contributed by atoms with E-state index in [-0.39, 0.29) is 5.96 Å². The molecule has 5 heterocycles. The van der Waals surface area contributed by atoms with Crippen molar-refractivity contribution in [3.8, 4) is 0 Å². The van der Waals surface area contributed by atoms with Gasteiger partial charge in [0.05, 0.1) is 12.5 Å². The first kappa shape index (κ1) is 12.5. The average molecular weight is 301 g/mol. The fourth-order valence-corrected chi connectivity index (χ4v) is 4.65. The highest BCUT2D eigenvalue weighted by atomic mass is 16.9. The Morgan fingerprint density at radius 3 is 2.71 bits per heavy atom. The van der Waals surface area contributed by atoms with Gasteiger partial charge in [-0.2, -0.15) is 0 Å². The Kier molecular flexibility index (Phi) is 1.89. The molecule has 6 rings (SSSR count). The lowest BCUT2D eigenvalue weighted by molar-refractivity contribution is -0.529. The molecule has 9 atom stereocenters. The van der Waals surface area contributed by atoms with Crippen LogP contribution in [0.2, 0.25) is 0 Å². The maximum absolute atomic E-state index is 10.7. The summed E-state index contributed by atoms with van der Waals surface area (Å²) in [6.45, 7) is -0.696. The van der Waals surface area contributed by atoms with Crippen LogP contribution in [-0.4, -0.2) is 80.7 Å². The highest BCUT2D eigenvalue weighted by Crippen LogP contribution is 2.63.